The molecule has 0 aliphatic rings. The van der Waals surface area contributed by atoms with E-state index in [1.54, 1.807) is 0 Å². The maximum Gasteiger partial charge on any atom is 0.408 e. The van der Waals surface area contributed by atoms with Crippen molar-refractivity contribution in [1.29, 1.82) is 0 Å². The first-order chi connectivity index (χ1) is 20.5. The number of carbonyl (C=O) groups excluding carboxylic acids is 4. The Morgan fingerprint density at radius 3 is 1.50 bits per heavy atom. The van der Waals surface area contributed by atoms with Crippen LogP contribution < -0.4 is 21.3 Å². The topological polar surface area (TPSA) is 144 Å². The molecule has 4 N–H and O–H groups in total. The molecule has 11 nitrogen and oxygen atoms in total. The molecule has 0 bridgehead atoms. The van der Waals surface area contributed by atoms with Gasteiger partial charge in [0.2, 0.25) is 5.91 Å². The maximum absolute atomic E-state index is 12.8. The Labute approximate surface area is 244 Å². The van der Waals surface area contributed by atoms with Gasteiger partial charge in [-0.25, -0.2) is 14.4 Å². The molecule has 222 valence electrons. The first-order valence-electron chi connectivity index (χ1n) is 13.6. The summed E-state index contributed by atoms with van der Waals surface area (Å²) in [7, 11) is 0. The van der Waals surface area contributed by atoms with Crippen LogP contribution in [0.15, 0.2) is 91.0 Å². The van der Waals surface area contributed by atoms with Crippen molar-refractivity contribution in [3.05, 3.63) is 108 Å². The van der Waals surface area contributed by atoms with E-state index in [0.29, 0.717) is 19.4 Å². The van der Waals surface area contributed by atoms with E-state index in [1.165, 1.54) is 0 Å². The predicted octanol–water partition coefficient (Wildman–Crippen LogP) is 4.38. The zero-order chi connectivity index (χ0) is 29.8. The van der Waals surface area contributed by atoms with E-state index in [0.717, 1.165) is 16.7 Å². The lowest BCUT2D eigenvalue weighted by molar-refractivity contribution is -0.123. The molecule has 0 fully saturated rings. The van der Waals surface area contributed by atoms with E-state index >= 15 is 0 Å². The Hall–Kier alpha value is -5.06. The van der Waals surface area contributed by atoms with Crippen LogP contribution >= 0.6 is 0 Å². The summed E-state index contributed by atoms with van der Waals surface area (Å²) < 4.78 is 15.6. The Bertz CT molecular complexity index is 1240. The second-order valence-corrected chi connectivity index (χ2v) is 9.20. The Morgan fingerprint density at radius 1 is 0.548 bits per heavy atom. The number of amides is 4. The lowest BCUT2D eigenvalue weighted by Crippen LogP contribution is -2.49. The van der Waals surface area contributed by atoms with Crippen molar-refractivity contribution in [2.75, 3.05) is 13.2 Å². The average molecular weight is 577 g/mol. The van der Waals surface area contributed by atoms with Crippen LogP contribution in [0.25, 0.3) is 0 Å². The molecule has 0 spiro atoms. The third kappa shape index (κ3) is 12.9. The van der Waals surface area contributed by atoms with Crippen molar-refractivity contribution in [3.63, 3.8) is 0 Å². The van der Waals surface area contributed by atoms with Gasteiger partial charge < -0.3 is 35.5 Å². The minimum absolute atomic E-state index is 0.0465. The molecular formula is C31H36N4O7. The van der Waals surface area contributed by atoms with Crippen LogP contribution in [0.3, 0.4) is 0 Å². The minimum Gasteiger partial charge on any atom is -0.445 e. The van der Waals surface area contributed by atoms with Gasteiger partial charge in [-0.05, 0) is 36.0 Å². The zero-order valence-corrected chi connectivity index (χ0v) is 23.3. The molecule has 1 atom stereocenters. The van der Waals surface area contributed by atoms with Crippen LogP contribution in [0.2, 0.25) is 0 Å². The van der Waals surface area contributed by atoms with Crippen LogP contribution in [0.5, 0.6) is 0 Å². The third-order valence-corrected chi connectivity index (χ3v) is 5.93. The summed E-state index contributed by atoms with van der Waals surface area (Å²) in [6.07, 6.45) is -0.683. The summed E-state index contributed by atoms with van der Waals surface area (Å²) in [5.41, 5.74) is 2.51. The highest BCUT2D eigenvalue weighted by atomic mass is 16.6. The number of unbranched alkanes of at least 4 members (excludes halogenated alkanes) is 1. The molecule has 0 aliphatic heterocycles. The van der Waals surface area contributed by atoms with Gasteiger partial charge in [0.25, 0.3) is 0 Å². The van der Waals surface area contributed by atoms with Gasteiger partial charge in [0.1, 0.15) is 25.9 Å². The van der Waals surface area contributed by atoms with E-state index in [2.05, 4.69) is 21.3 Å². The molecular weight excluding hydrogens is 540 g/mol. The number of hydrogen-bond acceptors (Lipinski definition) is 7. The fraction of sp³-hybridized carbons (Fsp3) is 0.290. The van der Waals surface area contributed by atoms with Crippen molar-refractivity contribution in [2.45, 2.75) is 45.1 Å². The average Bonchev–Trinajstić information content (AvgIpc) is 3.02. The van der Waals surface area contributed by atoms with Crippen LogP contribution in [-0.4, -0.2) is 43.4 Å². The molecule has 0 radical (unpaired) electrons. The van der Waals surface area contributed by atoms with Crippen LogP contribution in [0.4, 0.5) is 14.4 Å². The molecule has 0 aromatic heterocycles. The van der Waals surface area contributed by atoms with E-state index in [4.69, 9.17) is 14.2 Å². The van der Waals surface area contributed by atoms with Crippen LogP contribution in [0, 0.1) is 0 Å². The molecule has 42 heavy (non-hydrogen) atoms. The summed E-state index contributed by atoms with van der Waals surface area (Å²) in [6.45, 7) is 0.433. The van der Waals surface area contributed by atoms with Crippen molar-refractivity contribution < 1.29 is 33.4 Å². The molecule has 3 aromatic carbocycles. The van der Waals surface area contributed by atoms with Gasteiger partial charge in [-0.1, -0.05) is 91.0 Å². The molecule has 0 unspecified atom stereocenters. The second kappa shape index (κ2) is 18.3. The smallest absolute Gasteiger partial charge is 0.408 e. The summed E-state index contributed by atoms with van der Waals surface area (Å²) >= 11 is 0. The summed E-state index contributed by atoms with van der Waals surface area (Å²) in [5, 5.41) is 10.3. The van der Waals surface area contributed by atoms with Gasteiger partial charge in [-0.2, -0.15) is 0 Å². The highest BCUT2D eigenvalue weighted by molar-refractivity contribution is 5.85. The largest absolute Gasteiger partial charge is 0.445 e. The van der Waals surface area contributed by atoms with E-state index in [1.807, 2.05) is 91.0 Å². The number of rotatable bonds is 15. The number of carbonyl (C=O) groups is 4. The van der Waals surface area contributed by atoms with E-state index < -0.39 is 30.2 Å². The Morgan fingerprint density at radius 2 is 1.00 bits per heavy atom. The molecule has 3 aromatic rings. The number of hydrogen-bond donors (Lipinski definition) is 4. The monoisotopic (exact) mass is 576 g/mol. The molecule has 11 heteroatoms. The fourth-order valence-corrected chi connectivity index (χ4v) is 3.71. The molecule has 0 saturated carbocycles. The Balaban J connectivity index is 1.40. The van der Waals surface area contributed by atoms with Gasteiger partial charge in [0.05, 0.1) is 6.67 Å². The molecule has 3 rings (SSSR count). The van der Waals surface area contributed by atoms with Gasteiger partial charge in [0.15, 0.2) is 0 Å². The highest BCUT2D eigenvalue weighted by Gasteiger charge is 2.21. The van der Waals surface area contributed by atoms with Crippen molar-refractivity contribution in [3.8, 4) is 0 Å². The number of benzene rings is 3. The fourth-order valence-electron chi connectivity index (χ4n) is 3.71. The predicted molar refractivity (Wildman–Crippen MR) is 155 cm³/mol. The number of ether oxygens (including phenoxy) is 3. The SMILES string of the molecule is O=C(NCCCC[C@@H](NC(=O)OCc1ccccc1)C(=O)NCNC(=O)OCc1ccccc1)OCc1ccccc1. The second-order valence-electron chi connectivity index (χ2n) is 9.20. The van der Waals surface area contributed by atoms with Gasteiger partial charge in [-0.15, -0.1) is 0 Å². The lowest BCUT2D eigenvalue weighted by Gasteiger charge is -2.19. The van der Waals surface area contributed by atoms with Crippen LogP contribution in [-0.2, 0) is 38.8 Å². The van der Waals surface area contributed by atoms with Crippen molar-refractivity contribution in [2.24, 2.45) is 0 Å². The van der Waals surface area contributed by atoms with Crippen molar-refractivity contribution in [1.82, 2.24) is 21.3 Å². The van der Waals surface area contributed by atoms with Gasteiger partial charge in [-0.3, -0.25) is 4.79 Å². The highest BCUT2D eigenvalue weighted by Crippen LogP contribution is 2.05. The quantitative estimate of drug-likeness (QED) is 0.119. The first-order valence-corrected chi connectivity index (χ1v) is 13.6. The summed E-state index contributed by atoms with van der Waals surface area (Å²) in [4.78, 5) is 49.2. The summed E-state index contributed by atoms with van der Waals surface area (Å²) in [5.74, 6) is -0.509. The lowest BCUT2D eigenvalue weighted by atomic mass is 10.1. The van der Waals surface area contributed by atoms with E-state index in [9.17, 15) is 19.2 Å². The standard InChI is InChI=1S/C31H36N4O7/c36-28(33-23-34-30(38)41-21-25-14-6-2-7-15-25)27(35-31(39)42-22-26-16-8-3-9-17-26)18-10-11-19-32-29(37)40-20-24-12-4-1-5-13-24/h1-9,12-17,27H,10-11,18-23H2,(H,32,37)(H,33,36)(H,34,38)(H,35,39)/t27-/m1/s1. The summed E-state index contributed by atoms with van der Waals surface area (Å²) in [6, 6.07) is 26.7. The normalized spacial score (nSPS) is 11.0. The minimum atomic E-state index is -0.930. The molecule has 0 saturated heterocycles. The van der Waals surface area contributed by atoms with E-state index in [-0.39, 0.29) is 32.9 Å². The zero-order valence-electron chi connectivity index (χ0n) is 23.3. The number of nitrogens with one attached hydrogen (secondary N) is 4. The molecule has 0 aliphatic carbocycles. The van der Waals surface area contributed by atoms with Crippen LogP contribution in [0.1, 0.15) is 36.0 Å². The first kappa shape index (κ1) is 31.5. The maximum atomic E-state index is 12.8. The van der Waals surface area contributed by atoms with Gasteiger partial charge in [0, 0.05) is 6.54 Å². The van der Waals surface area contributed by atoms with Crippen molar-refractivity contribution >= 4 is 24.2 Å². The number of alkyl carbamates (subject to hydrolysis) is 3. The van der Waals surface area contributed by atoms with Gasteiger partial charge >= 0.3 is 18.3 Å². The third-order valence-electron chi connectivity index (χ3n) is 5.93. The molecule has 4 amide bonds. The Kier molecular flexibility index (Phi) is 13.7. The molecule has 0 heterocycles.